The molecule has 0 aliphatic heterocycles. The SMILES string of the molecule is Cc1ccc(NCC2=C(Br)CCC(C)(C)c3cc(C)ccc32)cc1. The third kappa shape index (κ3) is 3.59. The van der Waals surface area contributed by atoms with E-state index in [-0.39, 0.29) is 5.41 Å². The van der Waals surface area contributed by atoms with E-state index in [9.17, 15) is 0 Å². The molecule has 3 rings (SSSR count). The molecule has 24 heavy (non-hydrogen) atoms. The molecule has 0 spiro atoms. The summed E-state index contributed by atoms with van der Waals surface area (Å²) in [5, 5.41) is 3.59. The summed E-state index contributed by atoms with van der Waals surface area (Å²) in [6.07, 6.45) is 2.25. The Balaban J connectivity index is 1.94. The van der Waals surface area contributed by atoms with Crippen LogP contribution < -0.4 is 5.32 Å². The highest BCUT2D eigenvalue weighted by molar-refractivity contribution is 9.11. The average molecular weight is 384 g/mol. The fourth-order valence-electron chi connectivity index (χ4n) is 3.39. The summed E-state index contributed by atoms with van der Waals surface area (Å²) in [5.41, 5.74) is 8.24. The molecule has 1 aliphatic carbocycles. The molecule has 0 saturated heterocycles. The number of hydrogen-bond acceptors (Lipinski definition) is 1. The number of halogens is 1. The minimum Gasteiger partial charge on any atom is -0.381 e. The molecule has 126 valence electrons. The number of anilines is 1. The topological polar surface area (TPSA) is 12.0 Å². The van der Waals surface area contributed by atoms with Crippen molar-refractivity contribution in [1.82, 2.24) is 0 Å². The van der Waals surface area contributed by atoms with Crippen LogP contribution in [0.3, 0.4) is 0 Å². The maximum Gasteiger partial charge on any atom is 0.0414 e. The molecule has 0 radical (unpaired) electrons. The van der Waals surface area contributed by atoms with E-state index in [0.29, 0.717) is 0 Å². The van der Waals surface area contributed by atoms with Crippen molar-refractivity contribution in [3.05, 3.63) is 69.2 Å². The Morgan fingerprint density at radius 2 is 1.67 bits per heavy atom. The molecule has 0 amide bonds. The Bertz CT molecular complexity index is 769. The lowest BCUT2D eigenvalue weighted by Gasteiger charge is -2.26. The van der Waals surface area contributed by atoms with Gasteiger partial charge in [-0.1, -0.05) is 71.2 Å². The zero-order valence-corrected chi connectivity index (χ0v) is 16.6. The van der Waals surface area contributed by atoms with Gasteiger partial charge in [-0.05, 0) is 60.9 Å². The van der Waals surface area contributed by atoms with E-state index >= 15 is 0 Å². The van der Waals surface area contributed by atoms with Gasteiger partial charge in [0.15, 0.2) is 0 Å². The van der Waals surface area contributed by atoms with Gasteiger partial charge in [0.25, 0.3) is 0 Å². The third-order valence-corrected chi connectivity index (χ3v) is 5.92. The fourth-order valence-corrected chi connectivity index (χ4v) is 3.94. The molecule has 2 aromatic rings. The van der Waals surface area contributed by atoms with Gasteiger partial charge in [0.2, 0.25) is 0 Å². The molecule has 0 atom stereocenters. The van der Waals surface area contributed by atoms with Gasteiger partial charge in [-0.25, -0.2) is 0 Å². The van der Waals surface area contributed by atoms with Crippen LogP contribution in [-0.4, -0.2) is 6.54 Å². The van der Waals surface area contributed by atoms with Crippen molar-refractivity contribution < 1.29 is 0 Å². The van der Waals surface area contributed by atoms with E-state index in [1.807, 2.05) is 0 Å². The lowest BCUT2D eigenvalue weighted by atomic mass is 9.78. The van der Waals surface area contributed by atoms with Gasteiger partial charge in [-0.15, -0.1) is 0 Å². The second kappa shape index (κ2) is 6.76. The van der Waals surface area contributed by atoms with Crippen molar-refractivity contribution in [3.63, 3.8) is 0 Å². The normalized spacial score (nSPS) is 16.5. The van der Waals surface area contributed by atoms with Crippen molar-refractivity contribution in [2.45, 2.75) is 46.0 Å². The Labute approximate surface area is 154 Å². The zero-order valence-electron chi connectivity index (χ0n) is 15.0. The number of hydrogen-bond donors (Lipinski definition) is 1. The Kier molecular flexibility index (Phi) is 4.87. The Hall–Kier alpha value is -1.54. The largest absolute Gasteiger partial charge is 0.381 e. The summed E-state index contributed by atoms with van der Waals surface area (Å²) in [4.78, 5) is 0. The van der Waals surface area contributed by atoms with Crippen LogP contribution in [-0.2, 0) is 5.41 Å². The molecule has 0 heterocycles. The highest BCUT2D eigenvalue weighted by Crippen LogP contribution is 2.42. The standard InChI is InChI=1S/C22H26BrN/c1-15-5-8-17(9-6-15)24-14-19-18-10-7-16(2)13-20(18)22(3,4)12-11-21(19)23/h5-10,13,24H,11-12,14H2,1-4H3. The van der Waals surface area contributed by atoms with E-state index in [0.717, 1.165) is 19.4 Å². The van der Waals surface area contributed by atoms with Gasteiger partial charge in [0.1, 0.15) is 0 Å². The van der Waals surface area contributed by atoms with Crippen LogP contribution in [0, 0.1) is 13.8 Å². The van der Waals surface area contributed by atoms with Gasteiger partial charge in [-0.3, -0.25) is 0 Å². The van der Waals surface area contributed by atoms with Gasteiger partial charge < -0.3 is 5.32 Å². The van der Waals surface area contributed by atoms with E-state index in [1.54, 1.807) is 0 Å². The molecular weight excluding hydrogens is 358 g/mol. The van der Waals surface area contributed by atoms with E-state index in [1.165, 1.54) is 38.0 Å². The van der Waals surface area contributed by atoms with Crippen molar-refractivity contribution in [1.29, 1.82) is 0 Å². The number of benzene rings is 2. The first kappa shape index (κ1) is 17.3. The quantitative estimate of drug-likeness (QED) is 0.629. The Morgan fingerprint density at radius 3 is 2.38 bits per heavy atom. The molecule has 0 bridgehead atoms. The molecule has 0 unspecified atom stereocenters. The fraction of sp³-hybridized carbons (Fsp3) is 0.364. The highest BCUT2D eigenvalue weighted by atomic mass is 79.9. The number of aryl methyl sites for hydroxylation is 2. The van der Waals surface area contributed by atoms with Crippen molar-refractivity contribution >= 4 is 27.2 Å². The van der Waals surface area contributed by atoms with Gasteiger partial charge in [-0.2, -0.15) is 0 Å². The predicted molar refractivity (Wildman–Crippen MR) is 109 cm³/mol. The third-order valence-electron chi connectivity index (χ3n) is 5.05. The number of nitrogens with one attached hydrogen (secondary N) is 1. The lowest BCUT2D eigenvalue weighted by molar-refractivity contribution is 0.486. The van der Waals surface area contributed by atoms with Crippen LogP contribution >= 0.6 is 15.9 Å². The molecule has 2 heteroatoms. The average Bonchev–Trinajstić information content (AvgIpc) is 2.64. The summed E-state index contributed by atoms with van der Waals surface area (Å²) < 4.78 is 1.33. The second-order valence-corrected chi connectivity index (χ2v) is 8.49. The van der Waals surface area contributed by atoms with Crippen LogP contribution in [0.25, 0.3) is 5.57 Å². The minimum absolute atomic E-state index is 0.200. The number of rotatable bonds is 3. The summed E-state index contributed by atoms with van der Waals surface area (Å²) in [7, 11) is 0. The second-order valence-electron chi connectivity index (χ2n) is 7.54. The van der Waals surface area contributed by atoms with Crippen LogP contribution in [0.1, 0.15) is 48.9 Å². The van der Waals surface area contributed by atoms with Gasteiger partial charge in [0.05, 0.1) is 0 Å². The zero-order chi connectivity index (χ0) is 17.3. The number of allylic oxidation sites excluding steroid dienone is 1. The maximum absolute atomic E-state index is 3.87. The van der Waals surface area contributed by atoms with E-state index in [2.05, 4.69) is 91.4 Å². The van der Waals surface area contributed by atoms with Gasteiger partial charge in [0, 0.05) is 16.7 Å². The summed E-state index contributed by atoms with van der Waals surface area (Å²) in [6.45, 7) is 9.87. The molecule has 1 N–H and O–H groups in total. The predicted octanol–water partition coefficient (Wildman–Crippen LogP) is 6.59. The smallest absolute Gasteiger partial charge is 0.0414 e. The van der Waals surface area contributed by atoms with E-state index in [4.69, 9.17) is 0 Å². The van der Waals surface area contributed by atoms with Crippen molar-refractivity contribution in [3.8, 4) is 0 Å². The highest BCUT2D eigenvalue weighted by Gasteiger charge is 2.28. The first-order chi connectivity index (χ1) is 11.4. The molecular formula is C22H26BrN. The van der Waals surface area contributed by atoms with Gasteiger partial charge >= 0.3 is 0 Å². The van der Waals surface area contributed by atoms with Crippen molar-refractivity contribution in [2.75, 3.05) is 11.9 Å². The molecule has 0 aromatic heterocycles. The maximum atomic E-state index is 3.87. The Morgan fingerprint density at radius 1 is 1.00 bits per heavy atom. The molecule has 0 fully saturated rings. The first-order valence-corrected chi connectivity index (χ1v) is 9.46. The summed E-state index contributed by atoms with van der Waals surface area (Å²) in [5.74, 6) is 0. The summed E-state index contributed by atoms with van der Waals surface area (Å²) >= 11 is 3.87. The van der Waals surface area contributed by atoms with E-state index < -0.39 is 0 Å². The number of fused-ring (bicyclic) bond motifs is 1. The monoisotopic (exact) mass is 383 g/mol. The molecule has 1 aliphatic rings. The van der Waals surface area contributed by atoms with Crippen LogP contribution in [0.15, 0.2) is 46.9 Å². The van der Waals surface area contributed by atoms with Crippen LogP contribution in [0.5, 0.6) is 0 Å². The van der Waals surface area contributed by atoms with Crippen LogP contribution in [0.4, 0.5) is 5.69 Å². The molecule has 1 nitrogen and oxygen atoms in total. The minimum atomic E-state index is 0.200. The molecule has 0 saturated carbocycles. The first-order valence-electron chi connectivity index (χ1n) is 8.66. The van der Waals surface area contributed by atoms with Crippen molar-refractivity contribution in [2.24, 2.45) is 0 Å². The lowest BCUT2D eigenvalue weighted by Crippen LogP contribution is -2.18. The van der Waals surface area contributed by atoms with Crippen LogP contribution in [0.2, 0.25) is 0 Å². The molecule has 2 aromatic carbocycles. The summed E-state index contributed by atoms with van der Waals surface area (Å²) in [6, 6.07) is 15.5.